The number of carbonyl (C=O) groups excluding carboxylic acids is 1. The zero-order valence-corrected chi connectivity index (χ0v) is 8.66. The monoisotopic (exact) mass is 194 g/mol. The van der Waals surface area contributed by atoms with E-state index in [0.717, 1.165) is 0 Å². The van der Waals surface area contributed by atoms with Crippen molar-refractivity contribution in [3.63, 3.8) is 0 Å². The van der Waals surface area contributed by atoms with E-state index in [2.05, 4.69) is 18.9 Å². The second-order valence-corrected chi connectivity index (χ2v) is 1.87. The Morgan fingerprint density at radius 3 is 1.69 bits per heavy atom. The van der Waals surface area contributed by atoms with E-state index in [9.17, 15) is 4.79 Å². The molecule has 0 saturated heterocycles. The summed E-state index contributed by atoms with van der Waals surface area (Å²) in [6.07, 6.45) is -0.623. The summed E-state index contributed by atoms with van der Waals surface area (Å²) in [6.45, 7) is 3.47. The fourth-order valence-electron chi connectivity index (χ4n) is 0.343. The average Bonchev–Trinajstić information content (AvgIpc) is 2.16. The lowest BCUT2D eigenvalue weighted by atomic mass is 10.8. The first-order valence-electron chi connectivity index (χ1n) is 3.91. The molecule has 0 aliphatic heterocycles. The Bertz CT molecular complexity index is 101. The molecular weight excluding hydrogens is 176 g/mol. The molecule has 0 aromatic rings. The highest BCUT2D eigenvalue weighted by molar-refractivity contribution is 5.59. The normalized spacial score (nSPS) is 8.31. The lowest BCUT2D eigenvalue weighted by Crippen LogP contribution is -2.02. The van der Waals surface area contributed by atoms with Crippen LogP contribution >= 0.6 is 0 Å². The van der Waals surface area contributed by atoms with Gasteiger partial charge in [0.1, 0.15) is 0 Å². The van der Waals surface area contributed by atoms with Crippen molar-refractivity contribution in [3.8, 4) is 0 Å². The molecule has 0 N–H and O–H groups in total. The van der Waals surface area contributed by atoms with Crippen LogP contribution in [0.4, 0.5) is 4.79 Å². The molecule has 13 heavy (non-hydrogen) atoms. The van der Waals surface area contributed by atoms with Crippen molar-refractivity contribution >= 4 is 6.16 Å². The minimum absolute atomic E-state index is 0.368. The first-order valence-corrected chi connectivity index (χ1v) is 3.91. The van der Waals surface area contributed by atoms with Crippen molar-refractivity contribution in [1.29, 1.82) is 0 Å². The van der Waals surface area contributed by atoms with Crippen LogP contribution in [0, 0.1) is 0 Å². The SMILES string of the molecule is CCOC(=O)OC.COCCOC. The van der Waals surface area contributed by atoms with Crippen molar-refractivity contribution in [2.75, 3.05) is 41.2 Å². The van der Waals surface area contributed by atoms with Crippen molar-refractivity contribution in [2.45, 2.75) is 6.92 Å². The molecule has 0 atom stereocenters. The van der Waals surface area contributed by atoms with Gasteiger partial charge in [-0.1, -0.05) is 0 Å². The van der Waals surface area contributed by atoms with Crippen LogP contribution in [0.3, 0.4) is 0 Å². The van der Waals surface area contributed by atoms with E-state index in [1.54, 1.807) is 21.1 Å². The van der Waals surface area contributed by atoms with Crippen LogP contribution in [0.2, 0.25) is 0 Å². The third-order valence-corrected chi connectivity index (χ3v) is 0.920. The van der Waals surface area contributed by atoms with E-state index in [-0.39, 0.29) is 0 Å². The largest absolute Gasteiger partial charge is 0.507 e. The summed E-state index contributed by atoms with van der Waals surface area (Å²) in [7, 11) is 4.58. The number of methoxy groups -OCH3 is 3. The maximum absolute atomic E-state index is 9.97. The maximum Gasteiger partial charge on any atom is 0.507 e. The van der Waals surface area contributed by atoms with E-state index in [1.807, 2.05) is 0 Å². The van der Waals surface area contributed by atoms with Crippen LogP contribution in [0.5, 0.6) is 0 Å². The van der Waals surface area contributed by atoms with E-state index in [4.69, 9.17) is 0 Å². The van der Waals surface area contributed by atoms with Gasteiger partial charge in [-0.15, -0.1) is 0 Å². The van der Waals surface area contributed by atoms with Crippen LogP contribution in [0.1, 0.15) is 6.92 Å². The zero-order valence-electron chi connectivity index (χ0n) is 8.66. The number of hydrogen-bond donors (Lipinski definition) is 0. The van der Waals surface area contributed by atoms with Gasteiger partial charge in [0, 0.05) is 14.2 Å². The first kappa shape index (κ1) is 14.7. The molecule has 5 nitrogen and oxygen atoms in total. The molecule has 0 amide bonds. The topological polar surface area (TPSA) is 54.0 Å². The minimum Gasteiger partial charge on any atom is -0.438 e. The van der Waals surface area contributed by atoms with Gasteiger partial charge in [0.15, 0.2) is 0 Å². The summed E-state index contributed by atoms with van der Waals surface area (Å²) < 4.78 is 17.8. The van der Waals surface area contributed by atoms with Crippen LogP contribution in [-0.4, -0.2) is 47.3 Å². The molecule has 0 aromatic carbocycles. The molecule has 0 unspecified atom stereocenters. The molecule has 0 aromatic heterocycles. The molecule has 0 rings (SSSR count). The molecule has 0 aliphatic rings. The fraction of sp³-hybridized carbons (Fsp3) is 0.875. The van der Waals surface area contributed by atoms with Crippen LogP contribution in [0.25, 0.3) is 0 Å². The van der Waals surface area contributed by atoms with Gasteiger partial charge in [0.05, 0.1) is 26.9 Å². The lowest BCUT2D eigenvalue weighted by Gasteiger charge is -1.94. The third-order valence-electron chi connectivity index (χ3n) is 0.920. The summed E-state index contributed by atoms with van der Waals surface area (Å²) in [5.74, 6) is 0. The highest BCUT2D eigenvalue weighted by Crippen LogP contribution is 1.77. The molecular formula is C8H18O5. The molecule has 0 bridgehead atoms. The third kappa shape index (κ3) is 18.3. The van der Waals surface area contributed by atoms with Crippen LogP contribution in [0.15, 0.2) is 0 Å². The summed E-state index contributed by atoms with van der Waals surface area (Å²) >= 11 is 0. The van der Waals surface area contributed by atoms with E-state index < -0.39 is 6.16 Å². The Balaban J connectivity index is 0. The molecule has 0 heterocycles. The molecule has 0 fully saturated rings. The number of ether oxygens (including phenoxy) is 4. The van der Waals surface area contributed by atoms with E-state index in [1.165, 1.54) is 7.11 Å². The Kier molecular flexibility index (Phi) is 15.6. The summed E-state index contributed by atoms with van der Waals surface area (Å²) in [4.78, 5) is 9.97. The fourth-order valence-corrected chi connectivity index (χ4v) is 0.343. The molecule has 0 spiro atoms. The number of rotatable bonds is 4. The standard InChI is InChI=1S/C4H8O3.C4H10O2/c1-3-7-4(5)6-2;1-5-3-4-6-2/h3H2,1-2H3;3-4H2,1-2H3. The molecule has 0 radical (unpaired) electrons. The number of hydrogen-bond acceptors (Lipinski definition) is 5. The van der Waals surface area contributed by atoms with E-state index >= 15 is 0 Å². The van der Waals surface area contributed by atoms with Crippen molar-refractivity contribution in [3.05, 3.63) is 0 Å². The molecule has 80 valence electrons. The number of carbonyl (C=O) groups is 1. The van der Waals surface area contributed by atoms with Gasteiger partial charge in [-0.05, 0) is 6.92 Å². The Morgan fingerprint density at radius 2 is 1.54 bits per heavy atom. The summed E-state index contributed by atoms with van der Waals surface area (Å²) in [5.41, 5.74) is 0. The van der Waals surface area contributed by atoms with Crippen LogP contribution < -0.4 is 0 Å². The maximum atomic E-state index is 9.97. The summed E-state index contributed by atoms with van der Waals surface area (Å²) in [5, 5.41) is 0. The Morgan fingerprint density at radius 1 is 1.08 bits per heavy atom. The second-order valence-electron chi connectivity index (χ2n) is 1.87. The Hall–Kier alpha value is -0.810. The lowest BCUT2D eigenvalue weighted by molar-refractivity contribution is 0.0771. The smallest absolute Gasteiger partial charge is 0.438 e. The van der Waals surface area contributed by atoms with Crippen molar-refractivity contribution in [1.82, 2.24) is 0 Å². The predicted octanol–water partition coefficient (Wildman–Crippen LogP) is 1.07. The average molecular weight is 194 g/mol. The van der Waals surface area contributed by atoms with Gasteiger partial charge >= 0.3 is 6.16 Å². The quantitative estimate of drug-likeness (QED) is 0.495. The van der Waals surface area contributed by atoms with Gasteiger partial charge in [-0.3, -0.25) is 0 Å². The van der Waals surface area contributed by atoms with Gasteiger partial charge in [-0.2, -0.15) is 0 Å². The highest BCUT2D eigenvalue weighted by Gasteiger charge is 1.92. The van der Waals surface area contributed by atoms with Gasteiger partial charge in [0.2, 0.25) is 0 Å². The van der Waals surface area contributed by atoms with Crippen molar-refractivity contribution in [2.24, 2.45) is 0 Å². The van der Waals surface area contributed by atoms with E-state index in [0.29, 0.717) is 19.8 Å². The van der Waals surface area contributed by atoms with Gasteiger partial charge in [0.25, 0.3) is 0 Å². The Labute approximate surface area is 78.9 Å². The second kappa shape index (κ2) is 13.8. The molecule has 0 aliphatic carbocycles. The minimum atomic E-state index is -0.623. The molecule has 0 saturated carbocycles. The van der Waals surface area contributed by atoms with Gasteiger partial charge in [-0.25, -0.2) is 4.79 Å². The molecule has 5 heteroatoms. The van der Waals surface area contributed by atoms with Crippen LogP contribution in [-0.2, 0) is 18.9 Å². The predicted molar refractivity (Wildman–Crippen MR) is 47.8 cm³/mol. The highest BCUT2D eigenvalue weighted by atomic mass is 16.7. The van der Waals surface area contributed by atoms with Crippen molar-refractivity contribution < 1.29 is 23.7 Å². The van der Waals surface area contributed by atoms with Gasteiger partial charge < -0.3 is 18.9 Å². The zero-order chi connectivity index (χ0) is 10.5. The summed E-state index contributed by atoms with van der Waals surface area (Å²) in [6, 6.07) is 0. The first-order chi connectivity index (χ1) is 6.22.